The van der Waals surface area contributed by atoms with E-state index in [1.54, 1.807) is 6.20 Å². The fourth-order valence-corrected chi connectivity index (χ4v) is 1.46. The Morgan fingerprint density at radius 1 is 1.53 bits per heavy atom. The topological polar surface area (TPSA) is 93.0 Å². The zero-order valence-corrected chi connectivity index (χ0v) is 9.27. The predicted octanol–water partition coefficient (Wildman–Crippen LogP) is 0.477. The maximum atomic E-state index is 11.5. The molecule has 2 rings (SSSR count). The van der Waals surface area contributed by atoms with Gasteiger partial charge in [0.2, 0.25) is 5.91 Å². The van der Waals surface area contributed by atoms with E-state index in [0.717, 1.165) is 10.9 Å². The smallest absolute Gasteiger partial charge is 0.250 e. The molecular formula is C11H14N4O2. The van der Waals surface area contributed by atoms with Gasteiger partial charge in [-0.1, -0.05) is 0 Å². The molecule has 17 heavy (non-hydrogen) atoms. The lowest BCUT2D eigenvalue weighted by Crippen LogP contribution is -2.20. The summed E-state index contributed by atoms with van der Waals surface area (Å²) in [5.74, 6) is -0.197. The first-order valence-electron chi connectivity index (χ1n) is 5.30. The number of ether oxygens (including phenoxy) is 1. The van der Waals surface area contributed by atoms with E-state index in [2.05, 4.69) is 15.5 Å². The van der Waals surface area contributed by atoms with Crippen LogP contribution in [-0.2, 0) is 9.53 Å². The van der Waals surface area contributed by atoms with Crippen LogP contribution in [0.3, 0.4) is 0 Å². The van der Waals surface area contributed by atoms with Gasteiger partial charge < -0.3 is 15.8 Å². The van der Waals surface area contributed by atoms with E-state index in [0.29, 0.717) is 18.8 Å². The average Bonchev–Trinajstić information content (AvgIpc) is 2.76. The first kappa shape index (κ1) is 11.6. The van der Waals surface area contributed by atoms with Gasteiger partial charge in [0.15, 0.2) is 0 Å². The molecule has 0 aliphatic heterocycles. The highest BCUT2D eigenvalue weighted by Gasteiger charge is 2.03. The number of H-pyrrole nitrogens is 1. The molecule has 0 bridgehead atoms. The summed E-state index contributed by atoms with van der Waals surface area (Å²) in [6.45, 7) is 0.804. The molecule has 6 nitrogen and oxygen atoms in total. The summed E-state index contributed by atoms with van der Waals surface area (Å²) in [4.78, 5) is 11.5. The highest BCUT2D eigenvalue weighted by molar-refractivity contribution is 5.94. The molecule has 2 aromatic rings. The Balaban J connectivity index is 1.95. The van der Waals surface area contributed by atoms with Gasteiger partial charge in [-0.25, -0.2) is 0 Å². The van der Waals surface area contributed by atoms with Crippen LogP contribution in [0, 0.1) is 0 Å². The Morgan fingerprint density at radius 2 is 2.41 bits per heavy atom. The Labute approximate surface area is 98.1 Å². The first-order valence-corrected chi connectivity index (χ1v) is 5.30. The van der Waals surface area contributed by atoms with Crippen LogP contribution in [0.2, 0.25) is 0 Å². The van der Waals surface area contributed by atoms with Crippen molar-refractivity contribution >= 4 is 22.5 Å². The van der Waals surface area contributed by atoms with E-state index in [1.807, 2.05) is 18.2 Å². The zero-order valence-electron chi connectivity index (χ0n) is 9.27. The monoisotopic (exact) mass is 234 g/mol. The predicted molar refractivity (Wildman–Crippen MR) is 64.6 cm³/mol. The summed E-state index contributed by atoms with van der Waals surface area (Å²) >= 11 is 0. The Bertz CT molecular complexity index is 509. The molecule has 0 spiro atoms. The number of fused-ring (bicyclic) bond motifs is 1. The SMILES string of the molecule is NCCOCC(=O)Nc1ccc2cn[nH]c2c1. The largest absolute Gasteiger partial charge is 0.370 e. The summed E-state index contributed by atoms with van der Waals surface area (Å²) in [6, 6.07) is 5.52. The van der Waals surface area contributed by atoms with Gasteiger partial charge in [-0.15, -0.1) is 0 Å². The van der Waals surface area contributed by atoms with Gasteiger partial charge >= 0.3 is 0 Å². The molecule has 90 valence electrons. The number of anilines is 1. The van der Waals surface area contributed by atoms with Crippen LogP contribution in [0.25, 0.3) is 10.9 Å². The van der Waals surface area contributed by atoms with E-state index in [-0.39, 0.29) is 12.5 Å². The van der Waals surface area contributed by atoms with Crippen molar-refractivity contribution in [1.82, 2.24) is 10.2 Å². The van der Waals surface area contributed by atoms with Gasteiger partial charge in [-0.3, -0.25) is 9.89 Å². The molecule has 4 N–H and O–H groups in total. The second-order valence-corrected chi connectivity index (χ2v) is 3.56. The number of aromatic amines is 1. The van der Waals surface area contributed by atoms with Crippen LogP contribution < -0.4 is 11.1 Å². The minimum Gasteiger partial charge on any atom is -0.370 e. The molecule has 1 amide bonds. The van der Waals surface area contributed by atoms with E-state index in [4.69, 9.17) is 10.5 Å². The fraction of sp³-hybridized carbons (Fsp3) is 0.273. The lowest BCUT2D eigenvalue weighted by atomic mass is 10.2. The molecule has 1 heterocycles. The summed E-state index contributed by atoms with van der Waals surface area (Å²) in [5.41, 5.74) is 6.84. The van der Waals surface area contributed by atoms with Crippen LogP contribution in [0.4, 0.5) is 5.69 Å². The number of hydrogen-bond donors (Lipinski definition) is 3. The number of benzene rings is 1. The lowest BCUT2D eigenvalue weighted by molar-refractivity contribution is -0.120. The van der Waals surface area contributed by atoms with Crippen molar-refractivity contribution in [1.29, 1.82) is 0 Å². The van der Waals surface area contributed by atoms with E-state index in [1.165, 1.54) is 0 Å². The van der Waals surface area contributed by atoms with Gasteiger partial charge in [0, 0.05) is 17.6 Å². The Kier molecular flexibility index (Phi) is 3.69. The van der Waals surface area contributed by atoms with Crippen molar-refractivity contribution in [2.24, 2.45) is 5.73 Å². The fourth-order valence-electron chi connectivity index (χ4n) is 1.46. The number of carbonyl (C=O) groups is 1. The van der Waals surface area contributed by atoms with Crippen LogP contribution in [0.5, 0.6) is 0 Å². The Morgan fingerprint density at radius 3 is 3.24 bits per heavy atom. The molecule has 0 aliphatic rings. The molecule has 0 fully saturated rings. The van der Waals surface area contributed by atoms with Crippen molar-refractivity contribution < 1.29 is 9.53 Å². The maximum absolute atomic E-state index is 11.5. The van der Waals surface area contributed by atoms with Gasteiger partial charge in [0.1, 0.15) is 6.61 Å². The number of nitrogens with two attached hydrogens (primary N) is 1. The molecule has 0 aliphatic carbocycles. The molecule has 0 atom stereocenters. The number of nitrogens with one attached hydrogen (secondary N) is 2. The van der Waals surface area contributed by atoms with Gasteiger partial charge in [-0.2, -0.15) is 5.10 Å². The van der Waals surface area contributed by atoms with Crippen molar-refractivity contribution in [3.8, 4) is 0 Å². The highest BCUT2D eigenvalue weighted by atomic mass is 16.5. The van der Waals surface area contributed by atoms with Gasteiger partial charge in [-0.05, 0) is 18.2 Å². The average molecular weight is 234 g/mol. The molecule has 0 unspecified atom stereocenters. The van der Waals surface area contributed by atoms with Crippen LogP contribution in [0.15, 0.2) is 24.4 Å². The second-order valence-electron chi connectivity index (χ2n) is 3.56. The number of aromatic nitrogens is 2. The molecule has 6 heteroatoms. The van der Waals surface area contributed by atoms with Crippen LogP contribution in [0.1, 0.15) is 0 Å². The summed E-state index contributed by atoms with van der Waals surface area (Å²) < 4.78 is 5.03. The van der Waals surface area contributed by atoms with Gasteiger partial charge in [0.05, 0.1) is 18.3 Å². The zero-order chi connectivity index (χ0) is 12.1. The van der Waals surface area contributed by atoms with Crippen molar-refractivity contribution in [2.45, 2.75) is 0 Å². The second kappa shape index (κ2) is 5.42. The third kappa shape index (κ3) is 3.02. The van der Waals surface area contributed by atoms with E-state index < -0.39 is 0 Å². The van der Waals surface area contributed by atoms with E-state index >= 15 is 0 Å². The number of amides is 1. The Hall–Kier alpha value is -1.92. The normalized spacial score (nSPS) is 10.6. The van der Waals surface area contributed by atoms with Gasteiger partial charge in [0.25, 0.3) is 0 Å². The minimum atomic E-state index is -0.197. The quantitative estimate of drug-likeness (QED) is 0.656. The van der Waals surface area contributed by atoms with Crippen molar-refractivity contribution in [3.63, 3.8) is 0 Å². The number of carbonyl (C=O) groups excluding carboxylic acids is 1. The van der Waals surface area contributed by atoms with Crippen molar-refractivity contribution in [3.05, 3.63) is 24.4 Å². The third-order valence-electron chi connectivity index (χ3n) is 2.22. The summed E-state index contributed by atoms with van der Waals surface area (Å²) in [7, 11) is 0. The lowest BCUT2D eigenvalue weighted by Gasteiger charge is -2.05. The third-order valence-corrected chi connectivity index (χ3v) is 2.22. The maximum Gasteiger partial charge on any atom is 0.250 e. The number of nitrogens with zero attached hydrogens (tertiary/aromatic N) is 1. The summed E-state index contributed by atoms with van der Waals surface area (Å²) in [6.07, 6.45) is 1.73. The molecular weight excluding hydrogens is 220 g/mol. The highest BCUT2D eigenvalue weighted by Crippen LogP contribution is 2.16. The van der Waals surface area contributed by atoms with Crippen LogP contribution in [-0.4, -0.2) is 35.9 Å². The molecule has 1 aromatic heterocycles. The number of rotatable bonds is 5. The minimum absolute atomic E-state index is 0.0121. The molecule has 0 radical (unpaired) electrons. The van der Waals surface area contributed by atoms with E-state index in [9.17, 15) is 4.79 Å². The molecule has 1 aromatic carbocycles. The summed E-state index contributed by atoms with van der Waals surface area (Å²) in [5, 5.41) is 10.5. The first-order chi connectivity index (χ1) is 8.29. The van der Waals surface area contributed by atoms with Crippen LogP contribution >= 0.6 is 0 Å². The standard InChI is InChI=1S/C11H14N4O2/c12-3-4-17-7-11(16)14-9-2-1-8-6-13-15-10(8)5-9/h1-2,5-6H,3-4,7,12H2,(H,13,15)(H,14,16). The molecule has 0 saturated heterocycles. The number of hydrogen-bond acceptors (Lipinski definition) is 4. The molecule has 0 saturated carbocycles. The van der Waals surface area contributed by atoms with Crippen molar-refractivity contribution in [2.75, 3.05) is 25.1 Å².